The van der Waals surface area contributed by atoms with Crippen molar-refractivity contribution in [3.05, 3.63) is 34.0 Å². The second-order valence-electron chi connectivity index (χ2n) is 5.47. The molecule has 4 nitrogen and oxygen atoms in total. The van der Waals surface area contributed by atoms with Crippen molar-refractivity contribution < 1.29 is 9.53 Å². The molecule has 1 unspecified atom stereocenters. The fourth-order valence-electron chi connectivity index (χ4n) is 2.48. The molecule has 0 aliphatic rings. The van der Waals surface area contributed by atoms with Crippen molar-refractivity contribution in [2.45, 2.75) is 32.6 Å². The van der Waals surface area contributed by atoms with E-state index in [1.54, 1.807) is 14.0 Å². The first kappa shape index (κ1) is 15.5. The number of H-pyrrole nitrogens is 1. The molecule has 112 valence electrons. The molecule has 5 heteroatoms. The summed E-state index contributed by atoms with van der Waals surface area (Å²) in [5.41, 5.74) is 8.12. The Kier molecular flexibility index (Phi) is 4.32. The molecule has 2 aromatic rings. The third-order valence-electron chi connectivity index (χ3n) is 3.71. The highest BCUT2D eigenvalue weighted by Crippen LogP contribution is 2.31. The monoisotopic (exact) mass is 304 g/mol. The predicted molar refractivity (Wildman–Crippen MR) is 87.4 cm³/mol. The number of rotatable bonds is 4. The molecule has 1 aromatic carbocycles. The van der Waals surface area contributed by atoms with Crippen molar-refractivity contribution in [3.8, 4) is 5.75 Å². The maximum atomic E-state index is 11.6. The molecule has 0 radical (unpaired) electrons. The van der Waals surface area contributed by atoms with Crippen LogP contribution in [-0.4, -0.2) is 18.0 Å². The Hall–Kier alpha value is -1.88. The van der Waals surface area contributed by atoms with Gasteiger partial charge in [-0.05, 0) is 36.6 Å². The van der Waals surface area contributed by atoms with E-state index >= 15 is 0 Å². The molecule has 0 saturated heterocycles. The molecule has 0 aliphatic carbocycles. The number of ether oxygens (including phenoxy) is 1. The number of nitrogens with two attached hydrogens (primary N) is 1. The molecule has 3 N–H and O–H groups in total. The van der Waals surface area contributed by atoms with Crippen LogP contribution in [0.5, 0.6) is 5.75 Å². The topological polar surface area (TPSA) is 68.1 Å². The van der Waals surface area contributed by atoms with Gasteiger partial charge < -0.3 is 15.5 Å². The smallest absolute Gasteiger partial charge is 0.226 e. The molecule has 21 heavy (non-hydrogen) atoms. The minimum absolute atomic E-state index is 0.196. The Morgan fingerprint density at radius 1 is 1.33 bits per heavy atom. The number of aromatic nitrogens is 1. The summed E-state index contributed by atoms with van der Waals surface area (Å²) in [6.07, 6.45) is 0. The normalized spacial score (nSPS) is 12.6. The third kappa shape index (κ3) is 2.78. The quantitative estimate of drug-likeness (QED) is 0.848. The van der Waals surface area contributed by atoms with Gasteiger partial charge in [0, 0.05) is 16.6 Å². The highest BCUT2D eigenvalue weighted by molar-refractivity contribution is 7.71. The lowest BCUT2D eigenvalue weighted by Crippen LogP contribution is -2.21. The molecule has 1 amide bonds. The van der Waals surface area contributed by atoms with E-state index in [0.717, 1.165) is 32.4 Å². The van der Waals surface area contributed by atoms with E-state index in [1.807, 2.05) is 18.2 Å². The number of aromatic amines is 1. The highest BCUT2D eigenvalue weighted by atomic mass is 32.1. The van der Waals surface area contributed by atoms with Crippen molar-refractivity contribution in [1.82, 2.24) is 4.98 Å². The van der Waals surface area contributed by atoms with Gasteiger partial charge in [-0.1, -0.05) is 26.1 Å². The van der Waals surface area contributed by atoms with Gasteiger partial charge in [0.2, 0.25) is 5.91 Å². The van der Waals surface area contributed by atoms with E-state index in [9.17, 15) is 4.79 Å². The van der Waals surface area contributed by atoms with Gasteiger partial charge in [-0.25, -0.2) is 0 Å². The average molecular weight is 304 g/mol. The number of hydrogen-bond donors (Lipinski definition) is 2. The van der Waals surface area contributed by atoms with Crippen LogP contribution in [0.2, 0.25) is 0 Å². The fourth-order valence-corrected chi connectivity index (χ4v) is 3.00. The number of hydrogen-bond acceptors (Lipinski definition) is 3. The molecule has 1 atom stereocenters. The van der Waals surface area contributed by atoms with Gasteiger partial charge in [0.15, 0.2) is 0 Å². The number of methoxy groups -OCH3 is 1. The van der Waals surface area contributed by atoms with Crippen molar-refractivity contribution >= 4 is 29.0 Å². The number of carbonyl (C=O) groups excluding carboxylic acids is 1. The Balaban J connectivity index is 2.84. The van der Waals surface area contributed by atoms with Gasteiger partial charge in [-0.3, -0.25) is 4.79 Å². The number of amides is 1. The summed E-state index contributed by atoms with van der Waals surface area (Å²) < 4.78 is 6.01. The summed E-state index contributed by atoms with van der Waals surface area (Å²) in [5, 5.41) is 0.925. The largest absolute Gasteiger partial charge is 0.497 e. The minimum atomic E-state index is -0.407. The second-order valence-corrected chi connectivity index (χ2v) is 5.88. The summed E-state index contributed by atoms with van der Waals surface area (Å²) in [7, 11) is 1.63. The fraction of sp³-hybridized carbons (Fsp3) is 0.375. The lowest BCUT2D eigenvalue weighted by molar-refractivity contribution is -0.119. The average Bonchev–Trinajstić information content (AvgIpc) is 2.45. The van der Waals surface area contributed by atoms with Gasteiger partial charge in [-0.15, -0.1) is 0 Å². The molecule has 0 bridgehead atoms. The van der Waals surface area contributed by atoms with Crippen LogP contribution in [0.1, 0.15) is 43.9 Å². The number of benzene rings is 1. The Morgan fingerprint density at radius 2 is 2.00 bits per heavy atom. The second kappa shape index (κ2) is 5.85. The zero-order valence-electron chi connectivity index (χ0n) is 12.7. The predicted octanol–water partition coefficient (Wildman–Crippen LogP) is 3.62. The van der Waals surface area contributed by atoms with Crippen LogP contribution in [0, 0.1) is 4.51 Å². The van der Waals surface area contributed by atoms with E-state index in [2.05, 4.69) is 18.8 Å². The Morgan fingerprint density at radius 3 is 2.52 bits per heavy atom. The van der Waals surface area contributed by atoms with Crippen LogP contribution in [0.4, 0.5) is 0 Å². The maximum Gasteiger partial charge on any atom is 0.226 e. The first-order valence-corrected chi connectivity index (χ1v) is 7.30. The molecule has 1 heterocycles. The summed E-state index contributed by atoms with van der Waals surface area (Å²) >= 11 is 5.64. The summed E-state index contributed by atoms with van der Waals surface area (Å²) in [5.74, 6) is 0.180. The lowest BCUT2D eigenvalue weighted by Gasteiger charge is -2.19. The van der Waals surface area contributed by atoms with Crippen LogP contribution in [0.3, 0.4) is 0 Å². The molecular formula is C16H20N2O2S. The summed E-state index contributed by atoms with van der Waals surface area (Å²) in [6.45, 7) is 5.91. The molecular weight excluding hydrogens is 284 g/mol. The van der Waals surface area contributed by atoms with E-state index in [-0.39, 0.29) is 11.8 Å². The molecule has 0 aliphatic heterocycles. The van der Waals surface area contributed by atoms with Crippen molar-refractivity contribution in [3.63, 3.8) is 0 Å². The van der Waals surface area contributed by atoms with Crippen LogP contribution in [-0.2, 0) is 4.79 Å². The summed E-state index contributed by atoms with van der Waals surface area (Å²) in [6, 6.07) is 5.69. The van der Waals surface area contributed by atoms with Crippen LogP contribution < -0.4 is 10.5 Å². The van der Waals surface area contributed by atoms with Crippen LogP contribution >= 0.6 is 12.2 Å². The first-order chi connectivity index (χ1) is 9.86. The van der Waals surface area contributed by atoms with Gasteiger partial charge in [0.05, 0.1) is 17.5 Å². The highest BCUT2D eigenvalue weighted by Gasteiger charge is 2.21. The van der Waals surface area contributed by atoms with Crippen molar-refractivity contribution in [2.75, 3.05) is 7.11 Å². The molecule has 1 aromatic heterocycles. The SMILES string of the molecule is COc1ccc2[nH]c(C(C)C(N)=O)c(C(C)C)c(=S)c2c1. The van der Waals surface area contributed by atoms with E-state index in [4.69, 9.17) is 22.7 Å². The number of primary amides is 1. The molecule has 0 saturated carbocycles. The van der Waals surface area contributed by atoms with E-state index in [0.29, 0.717) is 0 Å². The van der Waals surface area contributed by atoms with Crippen LogP contribution in [0.25, 0.3) is 10.9 Å². The lowest BCUT2D eigenvalue weighted by atomic mass is 9.92. The van der Waals surface area contributed by atoms with E-state index < -0.39 is 5.92 Å². The van der Waals surface area contributed by atoms with Crippen molar-refractivity contribution in [2.24, 2.45) is 5.73 Å². The third-order valence-corrected chi connectivity index (χ3v) is 4.15. The Labute approximate surface area is 129 Å². The molecule has 0 fully saturated rings. The van der Waals surface area contributed by atoms with E-state index in [1.165, 1.54) is 0 Å². The standard InChI is InChI=1S/C16H20N2O2S/c1-8(2)13-14(9(3)16(17)19)18-12-6-5-10(20-4)7-11(12)15(13)21/h5-9H,1-4H3,(H2,17,19)(H,18,21). The molecule has 0 spiro atoms. The zero-order chi connectivity index (χ0) is 15.7. The maximum absolute atomic E-state index is 11.6. The van der Waals surface area contributed by atoms with Gasteiger partial charge in [0.1, 0.15) is 5.75 Å². The minimum Gasteiger partial charge on any atom is -0.497 e. The zero-order valence-corrected chi connectivity index (χ0v) is 13.5. The Bertz CT molecular complexity index is 750. The molecule has 2 rings (SSSR count). The van der Waals surface area contributed by atoms with Gasteiger partial charge in [0.25, 0.3) is 0 Å². The van der Waals surface area contributed by atoms with Gasteiger partial charge >= 0.3 is 0 Å². The number of carbonyl (C=O) groups is 1. The van der Waals surface area contributed by atoms with Crippen molar-refractivity contribution in [1.29, 1.82) is 0 Å². The number of pyridine rings is 1. The number of nitrogens with one attached hydrogen (secondary N) is 1. The number of fused-ring (bicyclic) bond motifs is 1. The van der Waals surface area contributed by atoms with Crippen LogP contribution in [0.15, 0.2) is 18.2 Å². The first-order valence-electron chi connectivity index (χ1n) is 6.90. The van der Waals surface area contributed by atoms with Gasteiger partial charge in [-0.2, -0.15) is 0 Å². The summed E-state index contributed by atoms with van der Waals surface area (Å²) in [4.78, 5) is 14.9.